The van der Waals surface area contributed by atoms with Gasteiger partial charge in [-0.1, -0.05) is 12.5 Å². The molecule has 76 valence electrons. The average molecular weight is 192 g/mol. The van der Waals surface area contributed by atoms with Crippen molar-refractivity contribution in [2.75, 3.05) is 0 Å². The summed E-state index contributed by atoms with van der Waals surface area (Å²) in [5.74, 6) is 0.573. The third kappa shape index (κ3) is 1.24. The van der Waals surface area contributed by atoms with Crippen molar-refractivity contribution in [2.45, 2.75) is 45.4 Å². The topological polar surface area (TPSA) is 34.1 Å². The van der Waals surface area contributed by atoms with Crippen LogP contribution in [0.25, 0.3) is 0 Å². The summed E-state index contributed by atoms with van der Waals surface area (Å²) in [6.07, 6.45) is 6.51. The number of hydrogen-bond donors (Lipinski definition) is 0. The van der Waals surface area contributed by atoms with E-state index in [2.05, 4.69) is 6.92 Å². The Morgan fingerprint density at radius 3 is 2.79 bits per heavy atom. The van der Waals surface area contributed by atoms with Crippen molar-refractivity contribution in [1.82, 2.24) is 0 Å². The van der Waals surface area contributed by atoms with Gasteiger partial charge >= 0.3 is 0 Å². The predicted molar refractivity (Wildman–Crippen MR) is 53.9 cm³/mol. The van der Waals surface area contributed by atoms with E-state index in [0.717, 1.165) is 31.3 Å². The number of hydrogen-bond acceptors (Lipinski definition) is 2. The molecule has 2 aliphatic rings. The van der Waals surface area contributed by atoms with E-state index in [1.165, 1.54) is 0 Å². The van der Waals surface area contributed by atoms with Crippen LogP contribution in [0.3, 0.4) is 0 Å². The first-order valence-electron chi connectivity index (χ1n) is 5.46. The lowest BCUT2D eigenvalue weighted by atomic mass is 9.62. The van der Waals surface area contributed by atoms with Crippen LogP contribution in [0.2, 0.25) is 0 Å². The van der Waals surface area contributed by atoms with Crippen LogP contribution >= 0.6 is 0 Å². The number of carbonyl (C=O) groups is 2. The van der Waals surface area contributed by atoms with E-state index in [1.807, 2.05) is 0 Å². The summed E-state index contributed by atoms with van der Waals surface area (Å²) in [4.78, 5) is 23.2. The molecule has 2 rings (SSSR count). The first-order valence-corrected chi connectivity index (χ1v) is 5.46. The zero-order valence-electron chi connectivity index (χ0n) is 8.64. The maximum Gasteiger partial charge on any atom is 0.155 e. The Morgan fingerprint density at radius 1 is 1.29 bits per heavy atom. The van der Waals surface area contributed by atoms with Crippen molar-refractivity contribution >= 4 is 11.6 Å². The van der Waals surface area contributed by atoms with Gasteiger partial charge in [-0.25, -0.2) is 0 Å². The van der Waals surface area contributed by atoms with Crippen LogP contribution in [0, 0.1) is 5.41 Å². The van der Waals surface area contributed by atoms with Crippen molar-refractivity contribution in [3.8, 4) is 0 Å². The molecular formula is C12H16O2. The lowest BCUT2D eigenvalue weighted by Gasteiger charge is -2.39. The van der Waals surface area contributed by atoms with Crippen LogP contribution in [0.15, 0.2) is 11.6 Å². The van der Waals surface area contributed by atoms with Gasteiger partial charge in [0.05, 0.1) is 5.41 Å². The van der Waals surface area contributed by atoms with E-state index >= 15 is 0 Å². The molecule has 0 heterocycles. The van der Waals surface area contributed by atoms with E-state index in [-0.39, 0.29) is 11.2 Å². The van der Waals surface area contributed by atoms with Crippen LogP contribution in [-0.2, 0) is 9.59 Å². The number of ketones is 2. The summed E-state index contributed by atoms with van der Waals surface area (Å²) in [5, 5.41) is 0. The molecule has 0 spiro atoms. The van der Waals surface area contributed by atoms with Gasteiger partial charge in [0.25, 0.3) is 0 Å². The minimum atomic E-state index is -0.244. The highest BCUT2D eigenvalue weighted by Gasteiger charge is 2.43. The van der Waals surface area contributed by atoms with Crippen molar-refractivity contribution < 1.29 is 9.59 Å². The molecule has 1 atom stereocenters. The lowest BCUT2D eigenvalue weighted by molar-refractivity contribution is -0.130. The highest BCUT2D eigenvalue weighted by atomic mass is 16.1. The summed E-state index contributed by atoms with van der Waals surface area (Å²) in [6.45, 7) is 2.06. The molecule has 1 fully saturated rings. The third-order valence-corrected chi connectivity index (χ3v) is 3.74. The van der Waals surface area contributed by atoms with Crippen molar-refractivity contribution in [3.63, 3.8) is 0 Å². The number of fused-ring (bicyclic) bond motifs is 1. The van der Waals surface area contributed by atoms with E-state index in [0.29, 0.717) is 18.6 Å². The molecule has 0 aliphatic heterocycles. The molecule has 0 aromatic carbocycles. The smallest absolute Gasteiger partial charge is 0.155 e. The van der Waals surface area contributed by atoms with E-state index in [9.17, 15) is 9.59 Å². The molecule has 14 heavy (non-hydrogen) atoms. The molecule has 1 unspecified atom stereocenters. The summed E-state index contributed by atoms with van der Waals surface area (Å²) >= 11 is 0. The number of rotatable bonds is 1. The van der Waals surface area contributed by atoms with Crippen LogP contribution in [0.1, 0.15) is 45.4 Å². The molecule has 2 aliphatic carbocycles. The van der Waals surface area contributed by atoms with Gasteiger partial charge < -0.3 is 0 Å². The summed E-state index contributed by atoms with van der Waals surface area (Å²) in [5.41, 5.74) is 0.874. The number of allylic oxidation sites excluding steroid dienone is 2. The van der Waals surface area contributed by atoms with E-state index in [4.69, 9.17) is 0 Å². The quantitative estimate of drug-likeness (QED) is 0.639. The molecule has 0 saturated heterocycles. The van der Waals surface area contributed by atoms with Crippen molar-refractivity contribution in [3.05, 3.63) is 11.6 Å². The maximum absolute atomic E-state index is 11.9. The van der Waals surface area contributed by atoms with E-state index < -0.39 is 0 Å². The summed E-state index contributed by atoms with van der Waals surface area (Å²) in [6, 6.07) is 0. The zero-order valence-corrected chi connectivity index (χ0v) is 8.64. The maximum atomic E-state index is 11.9. The minimum Gasteiger partial charge on any atom is -0.299 e. The second-order valence-corrected chi connectivity index (χ2v) is 4.35. The summed E-state index contributed by atoms with van der Waals surface area (Å²) in [7, 11) is 0. The largest absolute Gasteiger partial charge is 0.299 e. The Hall–Kier alpha value is -0.920. The second kappa shape index (κ2) is 3.34. The van der Waals surface area contributed by atoms with Gasteiger partial charge in [-0.15, -0.1) is 0 Å². The Morgan fingerprint density at radius 2 is 2.07 bits per heavy atom. The fourth-order valence-electron chi connectivity index (χ4n) is 2.81. The van der Waals surface area contributed by atoms with Crippen LogP contribution in [0.5, 0.6) is 0 Å². The fourth-order valence-corrected chi connectivity index (χ4v) is 2.81. The third-order valence-electron chi connectivity index (χ3n) is 3.74. The molecule has 1 saturated carbocycles. The molecule has 0 bridgehead atoms. The highest BCUT2D eigenvalue weighted by molar-refractivity contribution is 5.97. The van der Waals surface area contributed by atoms with E-state index in [1.54, 1.807) is 6.08 Å². The first kappa shape index (κ1) is 9.63. The minimum absolute atomic E-state index is 0.207. The first-order chi connectivity index (χ1) is 6.69. The molecule has 0 radical (unpaired) electrons. The van der Waals surface area contributed by atoms with Gasteiger partial charge in [0.1, 0.15) is 5.78 Å². The molecule has 0 N–H and O–H groups in total. The van der Waals surface area contributed by atoms with Gasteiger partial charge in [-0.2, -0.15) is 0 Å². The monoisotopic (exact) mass is 192 g/mol. The molecule has 2 nitrogen and oxygen atoms in total. The van der Waals surface area contributed by atoms with Gasteiger partial charge in [0.15, 0.2) is 5.78 Å². The lowest BCUT2D eigenvalue weighted by Crippen LogP contribution is -2.38. The molecule has 0 amide bonds. The Kier molecular flexibility index (Phi) is 2.30. The average Bonchev–Trinajstić information content (AvgIpc) is 2.18. The SMILES string of the molecule is CCC12CCC(=O)C=C1CCCC2=O. The molecule has 2 heteroatoms. The van der Waals surface area contributed by atoms with Gasteiger partial charge in [0.2, 0.25) is 0 Å². The van der Waals surface area contributed by atoms with Gasteiger partial charge in [0, 0.05) is 12.8 Å². The summed E-state index contributed by atoms with van der Waals surface area (Å²) < 4.78 is 0. The van der Waals surface area contributed by atoms with Gasteiger partial charge in [-0.3, -0.25) is 9.59 Å². The molecular weight excluding hydrogens is 176 g/mol. The van der Waals surface area contributed by atoms with Crippen molar-refractivity contribution in [1.29, 1.82) is 0 Å². The van der Waals surface area contributed by atoms with Crippen LogP contribution < -0.4 is 0 Å². The Labute approximate surface area is 84.4 Å². The Balaban J connectivity index is 2.42. The highest BCUT2D eigenvalue weighted by Crippen LogP contribution is 2.46. The second-order valence-electron chi connectivity index (χ2n) is 4.35. The number of carbonyl (C=O) groups excluding carboxylic acids is 2. The number of Topliss-reactive ketones (excluding diaryl/α,β-unsaturated/α-hetero) is 1. The molecule has 0 aromatic heterocycles. The normalized spacial score (nSPS) is 32.5. The predicted octanol–water partition coefficient (Wildman–Crippen LogP) is 2.43. The zero-order chi connectivity index (χ0) is 10.2. The Bertz CT molecular complexity index is 314. The van der Waals surface area contributed by atoms with Crippen LogP contribution in [-0.4, -0.2) is 11.6 Å². The van der Waals surface area contributed by atoms with Gasteiger partial charge in [-0.05, 0) is 31.8 Å². The molecule has 0 aromatic rings. The van der Waals surface area contributed by atoms with Crippen LogP contribution in [0.4, 0.5) is 0 Å². The standard InChI is InChI=1S/C12H16O2/c1-2-12-7-6-10(13)8-9(12)4-3-5-11(12)14/h8H,2-7H2,1H3. The fraction of sp³-hybridized carbons (Fsp3) is 0.667. The van der Waals surface area contributed by atoms with Crippen molar-refractivity contribution in [2.24, 2.45) is 5.41 Å².